The van der Waals surface area contributed by atoms with Crippen LogP contribution in [0.2, 0.25) is 5.02 Å². The van der Waals surface area contributed by atoms with Crippen molar-refractivity contribution in [3.05, 3.63) is 40.4 Å². The van der Waals surface area contributed by atoms with Gasteiger partial charge < -0.3 is 0 Å². The summed E-state index contributed by atoms with van der Waals surface area (Å²) in [5, 5.41) is 12.6. The molecule has 2 heterocycles. The third kappa shape index (κ3) is 3.43. The maximum Gasteiger partial charge on any atom is 0.165 e. The Morgan fingerprint density at radius 1 is 1.08 bits per heavy atom. The van der Waals surface area contributed by atoms with Crippen molar-refractivity contribution in [2.45, 2.75) is 32.0 Å². The Labute approximate surface area is 145 Å². The van der Waals surface area contributed by atoms with E-state index in [1.54, 1.807) is 12.1 Å². The van der Waals surface area contributed by atoms with Crippen molar-refractivity contribution in [3.8, 4) is 0 Å². The van der Waals surface area contributed by atoms with Crippen molar-refractivity contribution in [3.63, 3.8) is 0 Å². The predicted molar refractivity (Wildman–Crippen MR) is 88.1 cm³/mol. The van der Waals surface area contributed by atoms with Gasteiger partial charge in [0.25, 0.3) is 0 Å². The van der Waals surface area contributed by atoms with Crippen molar-refractivity contribution in [2.75, 3.05) is 26.2 Å². The van der Waals surface area contributed by atoms with Gasteiger partial charge in [0.1, 0.15) is 5.82 Å². The number of tetrazole rings is 1. The van der Waals surface area contributed by atoms with Crippen LogP contribution in [0.25, 0.3) is 0 Å². The average molecular weight is 351 g/mol. The first-order valence-corrected chi connectivity index (χ1v) is 8.73. The SMILES string of the molecule is Fc1cccc(Cl)c1CN1CCN(Cc2nnnn2C2CC2)CC1. The molecule has 0 unspecified atom stereocenters. The molecule has 0 spiro atoms. The molecule has 1 saturated heterocycles. The third-order valence-electron chi connectivity index (χ3n) is 4.73. The maximum absolute atomic E-state index is 13.9. The minimum absolute atomic E-state index is 0.228. The van der Waals surface area contributed by atoms with Gasteiger partial charge in [0, 0.05) is 43.3 Å². The summed E-state index contributed by atoms with van der Waals surface area (Å²) in [5.41, 5.74) is 0.588. The Morgan fingerprint density at radius 3 is 2.46 bits per heavy atom. The van der Waals surface area contributed by atoms with Crippen LogP contribution in [0.4, 0.5) is 4.39 Å². The second kappa shape index (κ2) is 6.74. The molecule has 128 valence electrons. The summed E-state index contributed by atoms with van der Waals surface area (Å²) < 4.78 is 15.9. The monoisotopic (exact) mass is 350 g/mol. The molecule has 1 aromatic carbocycles. The molecular formula is C16H20ClFN6. The van der Waals surface area contributed by atoms with Crippen LogP contribution < -0.4 is 0 Å². The highest BCUT2D eigenvalue weighted by atomic mass is 35.5. The molecule has 0 atom stereocenters. The van der Waals surface area contributed by atoms with Gasteiger partial charge in [0.15, 0.2) is 5.82 Å². The van der Waals surface area contributed by atoms with E-state index in [0.717, 1.165) is 38.5 Å². The summed E-state index contributed by atoms with van der Waals surface area (Å²) in [6.45, 7) is 4.94. The predicted octanol–water partition coefficient (Wildman–Crippen LogP) is 2.12. The van der Waals surface area contributed by atoms with Gasteiger partial charge in [0.05, 0.1) is 12.6 Å². The molecule has 0 amide bonds. The lowest BCUT2D eigenvalue weighted by Gasteiger charge is -2.34. The highest BCUT2D eigenvalue weighted by Gasteiger charge is 2.29. The normalized spacial score (nSPS) is 19.8. The summed E-state index contributed by atoms with van der Waals surface area (Å²) in [6.07, 6.45) is 2.35. The van der Waals surface area contributed by atoms with Crippen molar-refractivity contribution >= 4 is 11.6 Å². The van der Waals surface area contributed by atoms with Gasteiger partial charge in [-0.05, 0) is 35.4 Å². The molecule has 2 fully saturated rings. The summed E-state index contributed by atoms with van der Waals surface area (Å²) in [6, 6.07) is 5.35. The standard InChI is InChI=1S/C16H20ClFN6/c17-14-2-1-3-15(18)13(14)10-22-6-8-23(9-7-22)11-16-19-20-21-24(16)12-4-5-12/h1-3,12H,4-11H2. The smallest absolute Gasteiger partial charge is 0.165 e. The quantitative estimate of drug-likeness (QED) is 0.826. The van der Waals surface area contributed by atoms with E-state index in [4.69, 9.17) is 11.6 Å². The number of hydrogen-bond donors (Lipinski definition) is 0. The lowest BCUT2D eigenvalue weighted by Crippen LogP contribution is -2.45. The van der Waals surface area contributed by atoms with E-state index in [-0.39, 0.29) is 5.82 Å². The number of aromatic nitrogens is 4. The highest BCUT2D eigenvalue weighted by Crippen LogP contribution is 2.34. The molecule has 8 heteroatoms. The first-order valence-electron chi connectivity index (χ1n) is 8.35. The minimum Gasteiger partial charge on any atom is -0.296 e. The van der Waals surface area contributed by atoms with Gasteiger partial charge in [-0.3, -0.25) is 9.80 Å². The van der Waals surface area contributed by atoms with Gasteiger partial charge in [-0.25, -0.2) is 9.07 Å². The number of nitrogens with zero attached hydrogens (tertiary/aromatic N) is 6. The van der Waals surface area contributed by atoms with E-state index in [1.165, 1.54) is 18.9 Å². The van der Waals surface area contributed by atoms with Crippen LogP contribution in [-0.4, -0.2) is 56.2 Å². The molecule has 1 aliphatic carbocycles. The fourth-order valence-corrected chi connectivity index (χ4v) is 3.35. The van der Waals surface area contributed by atoms with Crippen molar-refractivity contribution in [1.82, 2.24) is 30.0 Å². The zero-order chi connectivity index (χ0) is 16.5. The molecule has 1 aromatic heterocycles. The zero-order valence-electron chi connectivity index (χ0n) is 13.4. The van der Waals surface area contributed by atoms with Gasteiger partial charge >= 0.3 is 0 Å². The highest BCUT2D eigenvalue weighted by molar-refractivity contribution is 6.31. The van der Waals surface area contributed by atoms with E-state index in [0.29, 0.717) is 23.2 Å². The Hall–Kier alpha value is -1.57. The second-order valence-electron chi connectivity index (χ2n) is 6.52. The van der Waals surface area contributed by atoms with E-state index >= 15 is 0 Å². The zero-order valence-corrected chi connectivity index (χ0v) is 14.2. The number of piperazine rings is 1. The van der Waals surface area contributed by atoms with Gasteiger partial charge in [-0.1, -0.05) is 17.7 Å². The molecule has 6 nitrogen and oxygen atoms in total. The van der Waals surface area contributed by atoms with Gasteiger partial charge in [-0.15, -0.1) is 5.10 Å². The molecule has 24 heavy (non-hydrogen) atoms. The first kappa shape index (κ1) is 15.9. The molecular weight excluding hydrogens is 331 g/mol. The minimum atomic E-state index is -0.228. The number of halogens is 2. The lowest BCUT2D eigenvalue weighted by molar-refractivity contribution is 0.117. The number of hydrogen-bond acceptors (Lipinski definition) is 5. The Morgan fingerprint density at radius 2 is 1.79 bits per heavy atom. The number of rotatable bonds is 5. The van der Waals surface area contributed by atoms with Crippen LogP contribution in [0.5, 0.6) is 0 Å². The van der Waals surface area contributed by atoms with Crippen LogP contribution in [0.3, 0.4) is 0 Å². The summed E-state index contributed by atoms with van der Waals surface area (Å²) in [7, 11) is 0. The van der Waals surface area contributed by atoms with E-state index < -0.39 is 0 Å². The molecule has 0 radical (unpaired) electrons. The van der Waals surface area contributed by atoms with Gasteiger partial charge in [-0.2, -0.15) is 0 Å². The van der Waals surface area contributed by atoms with Crippen LogP contribution in [0.1, 0.15) is 30.3 Å². The van der Waals surface area contributed by atoms with Crippen LogP contribution in [0.15, 0.2) is 18.2 Å². The summed E-state index contributed by atoms with van der Waals surface area (Å²) >= 11 is 6.12. The van der Waals surface area contributed by atoms with Crippen molar-refractivity contribution in [1.29, 1.82) is 0 Å². The van der Waals surface area contributed by atoms with Gasteiger partial charge in [0.2, 0.25) is 0 Å². The Kier molecular flexibility index (Phi) is 4.47. The largest absolute Gasteiger partial charge is 0.296 e. The molecule has 0 N–H and O–H groups in total. The van der Waals surface area contributed by atoms with E-state index in [9.17, 15) is 4.39 Å². The summed E-state index contributed by atoms with van der Waals surface area (Å²) in [4.78, 5) is 4.59. The van der Waals surface area contributed by atoms with Crippen LogP contribution in [-0.2, 0) is 13.1 Å². The van der Waals surface area contributed by atoms with Crippen LogP contribution >= 0.6 is 11.6 Å². The molecule has 2 aliphatic rings. The van der Waals surface area contributed by atoms with Crippen molar-refractivity contribution in [2.24, 2.45) is 0 Å². The first-order chi connectivity index (χ1) is 11.7. The number of benzene rings is 1. The fraction of sp³-hybridized carbons (Fsp3) is 0.562. The maximum atomic E-state index is 13.9. The lowest BCUT2D eigenvalue weighted by atomic mass is 10.2. The van der Waals surface area contributed by atoms with E-state index in [1.807, 2.05) is 4.68 Å². The molecule has 4 rings (SSSR count). The molecule has 0 bridgehead atoms. The summed E-state index contributed by atoms with van der Waals surface area (Å²) in [5.74, 6) is 0.719. The van der Waals surface area contributed by atoms with Crippen LogP contribution in [0, 0.1) is 5.82 Å². The second-order valence-corrected chi connectivity index (χ2v) is 6.93. The molecule has 1 aliphatic heterocycles. The Balaban J connectivity index is 1.33. The molecule has 1 saturated carbocycles. The fourth-order valence-electron chi connectivity index (χ4n) is 3.13. The Bertz CT molecular complexity index is 688. The van der Waals surface area contributed by atoms with Crippen molar-refractivity contribution < 1.29 is 4.39 Å². The topological polar surface area (TPSA) is 50.1 Å². The average Bonchev–Trinajstić information content (AvgIpc) is 3.32. The molecule has 2 aromatic rings. The van der Waals surface area contributed by atoms with E-state index in [2.05, 4.69) is 25.3 Å². The third-order valence-corrected chi connectivity index (χ3v) is 5.08.